The molecule has 19 heavy (non-hydrogen) atoms. The van der Waals surface area contributed by atoms with Crippen LogP contribution in [0.1, 0.15) is 6.92 Å². The Morgan fingerprint density at radius 1 is 1.47 bits per heavy atom. The molecule has 0 unspecified atom stereocenters. The maximum atomic E-state index is 12.4. The minimum atomic E-state index is -4.59. The fourth-order valence-electron chi connectivity index (χ4n) is 1.36. The van der Waals surface area contributed by atoms with E-state index in [-0.39, 0.29) is 16.9 Å². The molecule has 0 aliphatic rings. The van der Waals surface area contributed by atoms with E-state index in [2.05, 4.69) is 20.9 Å². The number of halogens is 4. The van der Waals surface area contributed by atoms with Crippen molar-refractivity contribution in [1.29, 1.82) is 0 Å². The number of alkyl halides is 4. The first-order valence-electron chi connectivity index (χ1n) is 5.35. The highest BCUT2D eigenvalue weighted by atomic mass is 79.9. The van der Waals surface area contributed by atoms with Crippen LogP contribution >= 0.6 is 15.9 Å². The Kier molecular flexibility index (Phi) is 5.39. The van der Waals surface area contributed by atoms with Gasteiger partial charge in [-0.25, -0.2) is 13.4 Å². The molecule has 0 spiro atoms. The third-order valence-electron chi connectivity index (χ3n) is 2.27. The minimum Gasteiger partial charge on any atom is -0.336 e. The molecule has 5 nitrogen and oxygen atoms in total. The zero-order valence-corrected chi connectivity index (χ0v) is 12.5. The molecule has 0 saturated carbocycles. The van der Waals surface area contributed by atoms with Crippen molar-refractivity contribution in [3.8, 4) is 0 Å². The molecule has 1 heterocycles. The molecule has 0 bridgehead atoms. The molecule has 0 aliphatic carbocycles. The molecule has 10 heteroatoms. The SMILES string of the molecule is CCn1cnc(S(=O)(=O)N(CCBr)CC(F)(F)F)c1. The summed E-state index contributed by atoms with van der Waals surface area (Å²) in [6.07, 6.45) is -2.11. The van der Waals surface area contributed by atoms with Crippen LogP contribution < -0.4 is 0 Å². The lowest BCUT2D eigenvalue weighted by Gasteiger charge is -2.21. The normalized spacial score (nSPS) is 13.2. The van der Waals surface area contributed by atoms with Gasteiger partial charge in [0.2, 0.25) is 0 Å². The van der Waals surface area contributed by atoms with Crippen molar-refractivity contribution in [2.45, 2.75) is 24.7 Å². The van der Waals surface area contributed by atoms with Crippen LogP contribution in [0.3, 0.4) is 0 Å². The van der Waals surface area contributed by atoms with Crippen molar-refractivity contribution in [3.05, 3.63) is 12.5 Å². The molecule has 0 fully saturated rings. The van der Waals surface area contributed by atoms with Crippen LogP contribution in [0.4, 0.5) is 13.2 Å². The van der Waals surface area contributed by atoms with Crippen LogP contribution in [0.15, 0.2) is 17.6 Å². The first-order valence-corrected chi connectivity index (χ1v) is 7.91. The molecule has 0 radical (unpaired) electrons. The van der Waals surface area contributed by atoms with E-state index in [1.165, 1.54) is 17.1 Å². The molecule has 0 N–H and O–H groups in total. The molecule has 0 saturated heterocycles. The van der Waals surface area contributed by atoms with Gasteiger partial charge < -0.3 is 4.57 Å². The molecule has 0 aromatic carbocycles. The molecule has 1 aromatic heterocycles. The van der Waals surface area contributed by atoms with E-state index < -0.39 is 22.7 Å². The van der Waals surface area contributed by atoms with Gasteiger partial charge in [0.05, 0.1) is 6.33 Å². The van der Waals surface area contributed by atoms with E-state index in [1.54, 1.807) is 6.92 Å². The summed E-state index contributed by atoms with van der Waals surface area (Å²) in [4.78, 5) is 3.64. The van der Waals surface area contributed by atoms with Crippen molar-refractivity contribution >= 4 is 26.0 Å². The number of hydrogen-bond donors (Lipinski definition) is 0. The van der Waals surface area contributed by atoms with Gasteiger partial charge in [-0.3, -0.25) is 0 Å². The molecule has 0 aliphatic heterocycles. The molecule has 0 amide bonds. The summed E-state index contributed by atoms with van der Waals surface area (Å²) >= 11 is 2.94. The average Bonchev–Trinajstić information content (AvgIpc) is 2.75. The fourth-order valence-corrected chi connectivity index (χ4v) is 3.38. The van der Waals surface area contributed by atoms with E-state index in [9.17, 15) is 21.6 Å². The quantitative estimate of drug-likeness (QED) is 0.724. The maximum absolute atomic E-state index is 12.4. The van der Waals surface area contributed by atoms with Gasteiger partial charge in [-0.2, -0.15) is 17.5 Å². The highest BCUT2D eigenvalue weighted by Crippen LogP contribution is 2.21. The second-order valence-corrected chi connectivity index (χ2v) is 6.36. The van der Waals surface area contributed by atoms with Crippen molar-refractivity contribution in [2.75, 3.05) is 18.4 Å². The van der Waals surface area contributed by atoms with E-state index in [0.29, 0.717) is 10.8 Å². The van der Waals surface area contributed by atoms with Crippen LogP contribution in [-0.4, -0.2) is 46.9 Å². The number of aromatic nitrogens is 2. The van der Waals surface area contributed by atoms with Gasteiger partial charge in [-0.05, 0) is 6.92 Å². The third kappa shape index (κ3) is 4.46. The zero-order valence-electron chi connectivity index (χ0n) is 10.1. The smallest absolute Gasteiger partial charge is 0.336 e. The number of hydrogen-bond acceptors (Lipinski definition) is 3. The van der Waals surface area contributed by atoms with Crippen LogP contribution in [0.5, 0.6) is 0 Å². The minimum absolute atomic E-state index is 0.108. The topological polar surface area (TPSA) is 55.2 Å². The number of rotatable bonds is 6. The second kappa shape index (κ2) is 6.23. The van der Waals surface area contributed by atoms with Gasteiger partial charge in [0.1, 0.15) is 6.54 Å². The average molecular weight is 364 g/mol. The van der Waals surface area contributed by atoms with Crippen molar-refractivity contribution in [1.82, 2.24) is 13.9 Å². The van der Waals surface area contributed by atoms with Crippen LogP contribution in [0.2, 0.25) is 0 Å². The summed E-state index contributed by atoms with van der Waals surface area (Å²) in [5, 5.41) is -0.267. The van der Waals surface area contributed by atoms with Gasteiger partial charge in [-0.1, -0.05) is 15.9 Å². The molecule has 1 rings (SSSR count). The lowest BCUT2D eigenvalue weighted by molar-refractivity contribution is -0.135. The maximum Gasteiger partial charge on any atom is 0.402 e. The van der Waals surface area contributed by atoms with E-state index in [4.69, 9.17) is 0 Å². The molecule has 1 aromatic rings. The first kappa shape index (κ1) is 16.4. The Morgan fingerprint density at radius 2 is 2.11 bits per heavy atom. The Hall–Kier alpha value is -0.610. The van der Waals surface area contributed by atoms with Gasteiger partial charge in [0.15, 0.2) is 5.03 Å². The summed E-state index contributed by atoms with van der Waals surface area (Å²) < 4.78 is 63.2. The predicted octanol–water partition coefficient (Wildman–Crippen LogP) is 1.85. The Labute approximate surface area is 117 Å². The Bertz CT molecular complexity index is 515. The van der Waals surface area contributed by atoms with Crippen molar-refractivity contribution < 1.29 is 21.6 Å². The number of aryl methyl sites for hydroxylation is 1. The molecule has 110 valence electrons. The first-order chi connectivity index (χ1) is 8.70. The monoisotopic (exact) mass is 363 g/mol. The van der Waals surface area contributed by atoms with Gasteiger partial charge >= 0.3 is 6.18 Å². The largest absolute Gasteiger partial charge is 0.402 e. The van der Waals surface area contributed by atoms with Gasteiger partial charge in [0.25, 0.3) is 10.0 Å². The van der Waals surface area contributed by atoms with Crippen LogP contribution in [0.25, 0.3) is 0 Å². The molecular formula is C9H13BrF3N3O2S. The fraction of sp³-hybridized carbons (Fsp3) is 0.667. The summed E-state index contributed by atoms with van der Waals surface area (Å²) in [6, 6.07) is 0. The van der Waals surface area contributed by atoms with Crippen LogP contribution in [-0.2, 0) is 16.6 Å². The predicted molar refractivity (Wildman–Crippen MR) is 66.5 cm³/mol. The highest BCUT2D eigenvalue weighted by Gasteiger charge is 2.37. The molecular weight excluding hydrogens is 351 g/mol. The van der Waals surface area contributed by atoms with Crippen LogP contribution in [0, 0.1) is 0 Å². The Balaban J connectivity index is 3.05. The third-order valence-corrected chi connectivity index (χ3v) is 4.35. The number of imidazole rings is 1. The van der Waals surface area contributed by atoms with Gasteiger partial charge in [-0.15, -0.1) is 0 Å². The lowest BCUT2D eigenvalue weighted by atomic mass is 10.6. The zero-order chi connectivity index (χ0) is 14.7. The number of nitrogens with zero attached hydrogens (tertiary/aromatic N) is 3. The van der Waals surface area contributed by atoms with Crippen molar-refractivity contribution in [3.63, 3.8) is 0 Å². The standard InChI is InChI=1S/C9H13BrF3N3O2S/c1-2-15-5-8(14-7-15)19(17,18)16(4-3-10)6-9(11,12)13/h5,7H,2-4,6H2,1H3. The van der Waals surface area contributed by atoms with E-state index in [0.717, 1.165) is 0 Å². The highest BCUT2D eigenvalue weighted by molar-refractivity contribution is 9.09. The van der Waals surface area contributed by atoms with E-state index in [1.807, 2.05) is 0 Å². The van der Waals surface area contributed by atoms with Gasteiger partial charge in [0, 0.05) is 24.6 Å². The number of sulfonamides is 1. The molecule has 0 atom stereocenters. The Morgan fingerprint density at radius 3 is 2.53 bits per heavy atom. The summed E-state index contributed by atoms with van der Waals surface area (Å²) in [5.74, 6) is 0. The van der Waals surface area contributed by atoms with E-state index >= 15 is 0 Å². The second-order valence-electron chi connectivity index (χ2n) is 3.69. The summed E-state index contributed by atoms with van der Waals surface area (Å²) in [5.41, 5.74) is 0. The summed E-state index contributed by atoms with van der Waals surface area (Å²) in [6.45, 7) is 0.449. The lowest BCUT2D eigenvalue weighted by Crippen LogP contribution is -2.40. The summed E-state index contributed by atoms with van der Waals surface area (Å²) in [7, 11) is -4.23. The van der Waals surface area contributed by atoms with Crippen molar-refractivity contribution in [2.24, 2.45) is 0 Å².